The van der Waals surface area contributed by atoms with Crippen LogP contribution >= 0.6 is 0 Å². The van der Waals surface area contributed by atoms with Crippen molar-refractivity contribution in [3.8, 4) is 0 Å². The quantitative estimate of drug-likeness (QED) is 0.813. The number of para-hydroxylation sites is 1. The van der Waals surface area contributed by atoms with E-state index in [0.717, 1.165) is 6.54 Å². The molecule has 0 aromatic heterocycles. The molecule has 2 aliphatic rings. The first-order valence-corrected chi connectivity index (χ1v) is 11.6. The smallest absolute Gasteiger partial charge is 0.286 e. The molecule has 2 aliphatic heterocycles. The van der Waals surface area contributed by atoms with Crippen LogP contribution in [0.25, 0.3) is 0 Å². The van der Waals surface area contributed by atoms with E-state index in [1.54, 1.807) is 18.2 Å². The normalized spacial score (nSPS) is 20.2. The summed E-state index contributed by atoms with van der Waals surface area (Å²) in [5, 5.41) is 3.04. The van der Waals surface area contributed by atoms with E-state index in [0.29, 0.717) is 24.6 Å². The van der Waals surface area contributed by atoms with Gasteiger partial charge < -0.3 is 15.1 Å². The van der Waals surface area contributed by atoms with Gasteiger partial charge in [0.15, 0.2) is 0 Å². The lowest BCUT2D eigenvalue weighted by Gasteiger charge is -2.41. The van der Waals surface area contributed by atoms with E-state index in [4.69, 9.17) is 0 Å². The predicted octanol–water partition coefficient (Wildman–Crippen LogP) is 3.03. The third kappa shape index (κ3) is 4.18. The van der Waals surface area contributed by atoms with Gasteiger partial charge in [-0.3, -0.25) is 4.79 Å². The second-order valence-electron chi connectivity index (χ2n) is 7.85. The first kappa shape index (κ1) is 20.4. The lowest BCUT2D eigenvalue weighted by atomic mass is 10.1. The molecule has 0 radical (unpaired) electrons. The lowest BCUT2D eigenvalue weighted by Crippen LogP contribution is -2.53. The molecule has 1 atom stereocenters. The highest BCUT2D eigenvalue weighted by atomic mass is 32.2. The van der Waals surface area contributed by atoms with Gasteiger partial charge in [-0.05, 0) is 38.1 Å². The van der Waals surface area contributed by atoms with Crippen LogP contribution in [0, 0.1) is 6.92 Å². The number of piperazine rings is 1. The number of anilines is 2. The minimum atomic E-state index is -3.72. The molecule has 1 N–H and O–H groups in total. The summed E-state index contributed by atoms with van der Waals surface area (Å²) in [5.74, 6) is 0.333. The average molecular weight is 427 g/mol. The van der Waals surface area contributed by atoms with Crippen molar-refractivity contribution in [1.29, 1.82) is 0 Å². The molecule has 30 heavy (non-hydrogen) atoms. The maximum atomic E-state index is 12.8. The summed E-state index contributed by atoms with van der Waals surface area (Å²) in [6.07, 6.45) is 0.486. The monoisotopic (exact) mass is 426 g/mol. The molecule has 158 valence electrons. The summed E-state index contributed by atoms with van der Waals surface area (Å²) in [6.45, 7) is 6.26. The van der Waals surface area contributed by atoms with Crippen LogP contribution in [0.1, 0.15) is 25.3 Å². The van der Waals surface area contributed by atoms with Gasteiger partial charge in [0.05, 0.1) is 5.69 Å². The van der Waals surface area contributed by atoms with Crippen LogP contribution in [-0.4, -0.2) is 50.7 Å². The van der Waals surface area contributed by atoms with Crippen LogP contribution in [0.4, 0.5) is 11.4 Å². The van der Waals surface area contributed by atoms with Crippen molar-refractivity contribution in [2.75, 3.05) is 29.9 Å². The Morgan fingerprint density at radius 1 is 1.13 bits per heavy atom. The average Bonchev–Trinajstić information content (AvgIpc) is 2.72. The molecule has 8 heteroatoms. The number of sulfonamides is 1. The molecule has 2 heterocycles. The molecular weight excluding hydrogens is 400 g/mol. The Balaban J connectivity index is 1.35. The van der Waals surface area contributed by atoms with Crippen molar-refractivity contribution in [3.63, 3.8) is 0 Å². The van der Waals surface area contributed by atoms with Crippen molar-refractivity contribution in [2.45, 2.75) is 37.6 Å². The Morgan fingerprint density at radius 3 is 2.60 bits per heavy atom. The van der Waals surface area contributed by atoms with Crippen LogP contribution in [0.3, 0.4) is 0 Å². The first-order valence-electron chi connectivity index (χ1n) is 10.1. The van der Waals surface area contributed by atoms with Gasteiger partial charge in [-0.15, -0.1) is 4.40 Å². The Hall–Kier alpha value is -2.87. The number of fused-ring (bicyclic) bond motifs is 1. The maximum Gasteiger partial charge on any atom is 0.286 e. The zero-order valence-corrected chi connectivity index (χ0v) is 18.0. The molecule has 0 unspecified atom stereocenters. The molecule has 7 nitrogen and oxygen atoms in total. The number of amidine groups is 1. The third-order valence-electron chi connectivity index (χ3n) is 5.60. The number of nitrogens with zero attached hydrogens (tertiary/aromatic N) is 3. The zero-order chi connectivity index (χ0) is 21.3. The highest BCUT2D eigenvalue weighted by Crippen LogP contribution is 2.27. The van der Waals surface area contributed by atoms with Gasteiger partial charge in [-0.25, -0.2) is 0 Å². The molecular formula is C22H26N4O3S. The molecule has 2 aromatic carbocycles. The van der Waals surface area contributed by atoms with Gasteiger partial charge in [0.25, 0.3) is 10.0 Å². The van der Waals surface area contributed by atoms with Gasteiger partial charge in [-0.2, -0.15) is 8.42 Å². The number of benzene rings is 2. The summed E-state index contributed by atoms with van der Waals surface area (Å²) in [7, 11) is -3.72. The van der Waals surface area contributed by atoms with Gasteiger partial charge in [0, 0.05) is 44.2 Å². The first-order chi connectivity index (χ1) is 14.3. The topological polar surface area (TPSA) is 82.1 Å². The van der Waals surface area contributed by atoms with Crippen LogP contribution in [0.15, 0.2) is 57.8 Å². The van der Waals surface area contributed by atoms with Gasteiger partial charge >= 0.3 is 0 Å². The molecule has 0 spiro atoms. The summed E-state index contributed by atoms with van der Waals surface area (Å²) < 4.78 is 28.5. The number of carbonyl (C=O) groups excluding carboxylic acids is 1. The summed E-state index contributed by atoms with van der Waals surface area (Å²) in [4.78, 5) is 17.1. The highest BCUT2D eigenvalue weighted by Gasteiger charge is 2.28. The molecule has 1 amide bonds. The Morgan fingerprint density at radius 2 is 1.87 bits per heavy atom. The van der Waals surface area contributed by atoms with Gasteiger partial charge in [0.1, 0.15) is 10.7 Å². The van der Waals surface area contributed by atoms with E-state index in [-0.39, 0.29) is 29.7 Å². The van der Waals surface area contributed by atoms with Crippen molar-refractivity contribution in [3.05, 3.63) is 54.1 Å². The fourth-order valence-corrected chi connectivity index (χ4v) is 5.14. The minimum absolute atomic E-state index is 0.0196. The SMILES string of the molecule is Cc1ccc(N2CCN(C(=O)CCC3=NS(=O)(=O)c4ccccc4N3)C[C@@H]2C)cc1. The van der Waals surface area contributed by atoms with Crippen LogP contribution in [-0.2, 0) is 14.8 Å². The minimum Gasteiger partial charge on any atom is -0.365 e. The highest BCUT2D eigenvalue weighted by molar-refractivity contribution is 7.90. The van der Waals surface area contributed by atoms with Crippen molar-refractivity contribution in [2.24, 2.45) is 4.40 Å². The second-order valence-corrected chi connectivity index (χ2v) is 9.42. The number of amides is 1. The molecule has 0 aliphatic carbocycles. The van der Waals surface area contributed by atoms with E-state index in [9.17, 15) is 13.2 Å². The van der Waals surface area contributed by atoms with Crippen molar-refractivity contribution < 1.29 is 13.2 Å². The largest absolute Gasteiger partial charge is 0.365 e. The van der Waals surface area contributed by atoms with E-state index in [1.165, 1.54) is 17.3 Å². The van der Waals surface area contributed by atoms with Crippen molar-refractivity contribution >= 4 is 33.1 Å². The molecule has 1 saturated heterocycles. The van der Waals surface area contributed by atoms with Gasteiger partial charge in [-0.1, -0.05) is 29.8 Å². The Bertz CT molecular complexity index is 1080. The molecule has 0 bridgehead atoms. The fraction of sp³-hybridized carbons (Fsp3) is 0.364. The number of hydrogen-bond acceptors (Lipinski definition) is 5. The van der Waals surface area contributed by atoms with E-state index in [2.05, 4.69) is 52.7 Å². The zero-order valence-electron chi connectivity index (χ0n) is 17.2. The number of rotatable bonds is 4. The van der Waals surface area contributed by atoms with E-state index < -0.39 is 10.0 Å². The molecule has 1 fully saturated rings. The number of hydrogen-bond donors (Lipinski definition) is 1. The van der Waals surface area contributed by atoms with Crippen LogP contribution < -0.4 is 10.2 Å². The Kier molecular flexibility index (Phi) is 5.51. The summed E-state index contributed by atoms with van der Waals surface area (Å²) in [6, 6.07) is 15.3. The molecule has 2 aromatic rings. The number of nitrogens with one attached hydrogen (secondary N) is 1. The number of carbonyl (C=O) groups is 1. The van der Waals surface area contributed by atoms with E-state index in [1.807, 2.05) is 4.90 Å². The standard InChI is InChI=1S/C22H26N4O3S/c1-16-7-9-18(10-8-16)26-14-13-25(15-17(26)2)22(27)12-11-21-23-19-5-3-4-6-20(19)30(28,29)24-21/h3-10,17H,11-15H2,1-2H3,(H,23,24)/t17-/m0/s1. The van der Waals surface area contributed by atoms with Crippen LogP contribution in [0.2, 0.25) is 0 Å². The predicted molar refractivity (Wildman–Crippen MR) is 118 cm³/mol. The third-order valence-corrected chi connectivity index (χ3v) is 6.97. The maximum absolute atomic E-state index is 12.8. The van der Waals surface area contributed by atoms with Gasteiger partial charge in [0.2, 0.25) is 5.91 Å². The lowest BCUT2D eigenvalue weighted by molar-refractivity contribution is -0.131. The summed E-state index contributed by atoms with van der Waals surface area (Å²) >= 11 is 0. The van der Waals surface area contributed by atoms with E-state index >= 15 is 0 Å². The fourth-order valence-electron chi connectivity index (χ4n) is 3.96. The van der Waals surface area contributed by atoms with Crippen molar-refractivity contribution in [1.82, 2.24) is 4.90 Å². The second kappa shape index (κ2) is 8.10. The molecule has 4 rings (SSSR count). The molecule has 0 saturated carbocycles. The van der Waals surface area contributed by atoms with Crippen LogP contribution in [0.5, 0.6) is 0 Å². The summed E-state index contributed by atoms with van der Waals surface area (Å²) in [5.41, 5.74) is 2.91. The number of aryl methyl sites for hydroxylation is 1. The Labute approximate surface area is 177 Å².